The van der Waals surface area contributed by atoms with Crippen LogP contribution in [0.5, 0.6) is 0 Å². The summed E-state index contributed by atoms with van der Waals surface area (Å²) in [4.78, 5) is 37.8. The number of nitrogens with two attached hydrogens (primary N) is 1. The maximum atomic E-state index is 13.1. The molecule has 2 aromatic rings. The highest BCUT2D eigenvalue weighted by molar-refractivity contribution is 6.62. The van der Waals surface area contributed by atoms with Gasteiger partial charge in [0.2, 0.25) is 11.8 Å². The highest BCUT2D eigenvalue weighted by Gasteiger charge is 2.51. The molecular weight excluding hydrogens is 497 g/mol. The fraction of sp³-hybridized carbons (Fsp3) is 0.483. The number of ether oxygens (including phenoxy) is 1. The van der Waals surface area contributed by atoms with Gasteiger partial charge in [0.1, 0.15) is 18.7 Å². The topological polar surface area (TPSA) is 129 Å². The van der Waals surface area contributed by atoms with E-state index in [1.165, 1.54) is 0 Å². The summed E-state index contributed by atoms with van der Waals surface area (Å²) < 4.78 is 17.5. The van der Waals surface area contributed by atoms with Crippen LogP contribution in [0.25, 0.3) is 0 Å². The van der Waals surface area contributed by atoms with Gasteiger partial charge in [0, 0.05) is 6.42 Å². The van der Waals surface area contributed by atoms with Crippen molar-refractivity contribution in [2.24, 2.45) is 11.7 Å². The third kappa shape index (κ3) is 8.31. The summed E-state index contributed by atoms with van der Waals surface area (Å²) in [5.41, 5.74) is 7.21. The number of alkyl carbamates (subject to hydrolysis) is 1. The van der Waals surface area contributed by atoms with Gasteiger partial charge in [-0.1, -0.05) is 68.4 Å². The first-order valence-electron chi connectivity index (χ1n) is 13.3. The van der Waals surface area contributed by atoms with Crippen LogP contribution in [0.3, 0.4) is 0 Å². The van der Waals surface area contributed by atoms with Gasteiger partial charge in [-0.3, -0.25) is 9.59 Å². The van der Waals surface area contributed by atoms with Crippen molar-refractivity contribution in [3.05, 3.63) is 65.7 Å². The van der Waals surface area contributed by atoms with Gasteiger partial charge in [0.15, 0.2) is 0 Å². The van der Waals surface area contributed by atoms with E-state index in [0.29, 0.717) is 6.42 Å². The van der Waals surface area contributed by atoms with E-state index in [9.17, 15) is 14.4 Å². The Balaban J connectivity index is 1.61. The minimum absolute atomic E-state index is 0.0779. The van der Waals surface area contributed by atoms with Crippen molar-refractivity contribution < 1.29 is 28.4 Å². The number of nitrogens with one attached hydrogen (secondary N) is 2. The molecule has 1 fully saturated rings. The van der Waals surface area contributed by atoms with E-state index in [0.717, 1.165) is 16.6 Å². The molecule has 0 aliphatic carbocycles. The molecule has 1 aliphatic heterocycles. The average Bonchev–Trinajstić information content (AvgIpc) is 3.09. The van der Waals surface area contributed by atoms with E-state index in [-0.39, 0.29) is 18.9 Å². The molecule has 10 heteroatoms. The monoisotopic (exact) mass is 537 g/mol. The Bertz CT molecular complexity index is 1120. The van der Waals surface area contributed by atoms with Gasteiger partial charge >= 0.3 is 13.2 Å². The first kappa shape index (κ1) is 30.2. The maximum Gasteiger partial charge on any atom is 0.494 e. The Morgan fingerprint density at radius 1 is 0.872 bits per heavy atom. The van der Waals surface area contributed by atoms with Gasteiger partial charge in [-0.05, 0) is 56.6 Å². The number of carbonyl (C=O) groups excluding carboxylic acids is 3. The number of primary amides is 1. The van der Waals surface area contributed by atoms with Crippen molar-refractivity contribution >= 4 is 30.5 Å². The standard InChI is InChI=1S/C29H40BN3O6/c1-19(2)16-24(33-27(36)37-18-21-10-8-7-9-11-21)26(35)32-23(25(31)34)17-20-12-14-22(15-13-20)30-38-28(3,4)29(5,6)39-30/h7-15,19,23-24H,16-18H2,1-6H3,(H2,31,34)(H,32,35)(H,33,36)/t23-,24+/m1/s1. The Kier molecular flexibility index (Phi) is 9.80. The molecule has 2 aromatic carbocycles. The van der Waals surface area contributed by atoms with Gasteiger partial charge in [-0.25, -0.2) is 4.79 Å². The number of hydrogen-bond acceptors (Lipinski definition) is 6. The zero-order chi connectivity index (χ0) is 28.8. The van der Waals surface area contributed by atoms with Crippen molar-refractivity contribution in [2.45, 2.75) is 84.3 Å². The summed E-state index contributed by atoms with van der Waals surface area (Å²) in [5, 5.41) is 5.33. The van der Waals surface area contributed by atoms with Crippen molar-refractivity contribution in [1.82, 2.24) is 10.6 Å². The lowest BCUT2D eigenvalue weighted by Gasteiger charge is -2.32. The smallest absolute Gasteiger partial charge is 0.445 e. The van der Waals surface area contributed by atoms with Crippen molar-refractivity contribution in [3.8, 4) is 0 Å². The molecule has 39 heavy (non-hydrogen) atoms. The third-order valence-corrected chi connectivity index (χ3v) is 7.13. The van der Waals surface area contributed by atoms with Crippen LogP contribution < -0.4 is 21.8 Å². The second-order valence-corrected chi connectivity index (χ2v) is 11.4. The summed E-state index contributed by atoms with van der Waals surface area (Å²) in [5.74, 6) is -1.07. The number of hydrogen-bond donors (Lipinski definition) is 3. The summed E-state index contributed by atoms with van der Waals surface area (Å²) >= 11 is 0. The molecule has 4 N–H and O–H groups in total. The molecule has 3 amide bonds. The predicted molar refractivity (Wildman–Crippen MR) is 150 cm³/mol. The molecule has 210 valence electrons. The van der Waals surface area contributed by atoms with Crippen LogP contribution in [0.1, 0.15) is 59.1 Å². The fourth-order valence-electron chi connectivity index (χ4n) is 4.13. The molecule has 0 unspecified atom stereocenters. The van der Waals surface area contributed by atoms with Gasteiger partial charge in [-0.15, -0.1) is 0 Å². The lowest BCUT2D eigenvalue weighted by atomic mass is 9.78. The highest BCUT2D eigenvalue weighted by Crippen LogP contribution is 2.36. The first-order chi connectivity index (χ1) is 18.3. The van der Waals surface area contributed by atoms with E-state index in [1.54, 1.807) is 0 Å². The number of benzene rings is 2. The zero-order valence-electron chi connectivity index (χ0n) is 23.7. The number of rotatable bonds is 11. The second-order valence-electron chi connectivity index (χ2n) is 11.4. The van der Waals surface area contributed by atoms with E-state index < -0.39 is 48.3 Å². The van der Waals surface area contributed by atoms with Gasteiger partial charge in [0.05, 0.1) is 11.2 Å². The minimum atomic E-state index is -0.961. The summed E-state index contributed by atoms with van der Waals surface area (Å²) in [6.45, 7) is 11.9. The second kappa shape index (κ2) is 12.7. The minimum Gasteiger partial charge on any atom is -0.445 e. The lowest BCUT2D eigenvalue weighted by Crippen LogP contribution is -2.54. The summed E-state index contributed by atoms with van der Waals surface area (Å²) in [7, 11) is -0.500. The Hall–Kier alpha value is -3.37. The predicted octanol–water partition coefficient (Wildman–Crippen LogP) is 2.84. The van der Waals surface area contributed by atoms with E-state index >= 15 is 0 Å². The van der Waals surface area contributed by atoms with Crippen LogP contribution in [0.15, 0.2) is 54.6 Å². The quantitative estimate of drug-likeness (QED) is 0.378. The lowest BCUT2D eigenvalue weighted by molar-refractivity contribution is -0.128. The molecule has 3 rings (SSSR count). The molecule has 2 atom stereocenters. The average molecular weight is 537 g/mol. The van der Waals surface area contributed by atoms with E-state index in [2.05, 4.69) is 10.6 Å². The van der Waals surface area contributed by atoms with Gasteiger partial charge < -0.3 is 30.4 Å². The van der Waals surface area contributed by atoms with Crippen LogP contribution in [0.2, 0.25) is 0 Å². The van der Waals surface area contributed by atoms with E-state index in [4.69, 9.17) is 19.8 Å². The fourth-order valence-corrected chi connectivity index (χ4v) is 4.13. The normalized spacial score (nSPS) is 17.4. The van der Waals surface area contributed by atoms with Crippen molar-refractivity contribution in [1.29, 1.82) is 0 Å². The van der Waals surface area contributed by atoms with Crippen LogP contribution in [-0.4, -0.2) is 48.3 Å². The number of carbonyl (C=O) groups is 3. The molecule has 0 saturated carbocycles. The highest BCUT2D eigenvalue weighted by atomic mass is 16.7. The largest absolute Gasteiger partial charge is 0.494 e. The van der Waals surface area contributed by atoms with Crippen LogP contribution >= 0.6 is 0 Å². The van der Waals surface area contributed by atoms with Crippen molar-refractivity contribution in [3.63, 3.8) is 0 Å². The molecule has 0 spiro atoms. The molecule has 1 heterocycles. The molecule has 9 nitrogen and oxygen atoms in total. The summed E-state index contributed by atoms with van der Waals surface area (Å²) in [6.07, 6.45) is -0.161. The van der Waals surface area contributed by atoms with Crippen LogP contribution in [0, 0.1) is 5.92 Å². The molecule has 0 bridgehead atoms. The van der Waals surface area contributed by atoms with E-state index in [1.807, 2.05) is 96.1 Å². The Morgan fingerprint density at radius 3 is 2.00 bits per heavy atom. The Morgan fingerprint density at radius 2 is 1.46 bits per heavy atom. The SMILES string of the molecule is CC(C)C[C@H](NC(=O)OCc1ccccc1)C(=O)N[C@H](Cc1ccc(B2OC(C)(C)C(C)(C)O2)cc1)C(N)=O. The van der Waals surface area contributed by atoms with Gasteiger partial charge in [-0.2, -0.15) is 0 Å². The first-order valence-corrected chi connectivity index (χ1v) is 13.3. The zero-order valence-corrected chi connectivity index (χ0v) is 23.7. The molecule has 0 aromatic heterocycles. The maximum absolute atomic E-state index is 13.1. The number of amides is 3. The molecule has 1 aliphatic rings. The third-order valence-electron chi connectivity index (χ3n) is 7.13. The molecule has 0 radical (unpaired) electrons. The van der Waals surface area contributed by atoms with Gasteiger partial charge in [0.25, 0.3) is 0 Å². The molecular formula is C29H40BN3O6. The van der Waals surface area contributed by atoms with Crippen molar-refractivity contribution in [2.75, 3.05) is 0 Å². The molecule has 1 saturated heterocycles. The Labute approximate surface area is 231 Å². The summed E-state index contributed by atoms with van der Waals surface area (Å²) in [6, 6.07) is 14.9. The van der Waals surface area contributed by atoms with Crippen LogP contribution in [0.4, 0.5) is 4.79 Å². The van der Waals surface area contributed by atoms with Crippen LogP contribution in [-0.2, 0) is 36.7 Å².